The molecule has 2 aromatic carbocycles. The van der Waals surface area contributed by atoms with Crippen LogP contribution in [0.1, 0.15) is 18.9 Å². The number of nitrogens with one attached hydrogen (secondary N) is 2. The van der Waals surface area contributed by atoms with Crippen LogP contribution in [0.4, 0.5) is 5.69 Å². The number of benzene rings is 2. The Morgan fingerprint density at radius 1 is 1.21 bits per heavy atom. The predicted octanol–water partition coefficient (Wildman–Crippen LogP) is 3.39. The molecule has 0 spiro atoms. The Kier molecular flexibility index (Phi) is 6.59. The lowest BCUT2D eigenvalue weighted by atomic mass is 10.2. The highest BCUT2D eigenvalue weighted by Gasteiger charge is 2.30. The minimum Gasteiger partial charge on any atom is -0.453 e. The summed E-state index contributed by atoms with van der Waals surface area (Å²) in [7, 11) is 0. The number of halogens is 1. The molecule has 8 heteroatoms. The van der Waals surface area contributed by atoms with E-state index in [1.807, 2.05) is 24.3 Å². The molecule has 2 N–H and O–H groups in total. The Morgan fingerprint density at radius 3 is 2.71 bits per heavy atom. The van der Waals surface area contributed by atoms with Gasteiger partial charge in [0.25, 0.3) is 5.91 Å². The second-order valence-electron chi connectivity index (χ2n) is 6.24. The van der Waals surface area contributed by atoms with Crippen molar-refractivity contribution >= 4 is 46.8 Å². The lowest BCUT2D eigenvalue weighted by Crippen LogP contribution is -2.37. The van der Waals surface area contributed by atoms with Crippen molar-refractivity contribution in [2.45, 2.75) is 36.1 Å². The summed E-state index contributed by atoms with van der Waals surface area (Å²) in [6, 6.07) is 14.5. The van der Waals surface area contributed by atoms with Gasteiger partial charge in [-0.2, -0.15) is 0 Å². The maximum absolute atomic E-state index is 12.2. The molecule has 2 aromatic rings. The molecular weight excluding hydrogens is 400 g/mol. The normalized spacial score (nSPS) is 16.5. The number of carbonyl (C=O) groups excluding carboxylic acids is 3. The van der Waals surface area contributed by atoms with Gasteiger partial charge in [0.05, 0.1) is 17.4 Å². The van der Waals surface area contributed by atoms with E-state index in [4.69, 9.17) is 16.3 Å². The first kappa shape index (κ1) is 20.2. The molecular formula is C20H19ClN2O4S. The van der Waals surface area contributed by atoms with Gasteiger partial charge in [0.15, 0.2) is 6.10 Å². The monoisotopic (exact) mass is 418 g/mol. The number of para-hydroxylation sites is 1. The number of esters is 1. The Hall–Kier alpha value is -2.51. The molecule has 0 unspecified atom stereocenters. The van der Waals surface area contributed by atoms with E-state index in [0.29, 0.717) is 5.02 Å². The van der Waals surface area contributed by atoms with Crippen LogP contribution in [0.2, 0.25) is 5.02 Å². The zero-order chi connectivity index (χ0) is 20.1. The molecule has 0 saturated carbocycles. The second kappa shape index (κ2) is 9.12. The van der Waals surface area contributed by atoms with Gasteiger partial charge in [0.1, 0.15) is 0 Å². The highest BCUT2D eigenvalue weighted by atomic mass is 35.5. The minimum atomic E-state index is -0.973. The minimum absolute atomic E-state index is 0.118. The van der Waals surface area contributed by atoms with Crippen molar-refractivity contribution in [3.8, 4) is 0 Å². The number of thioether (sulfide) groups is 1. The molecule has 0 bridgehead atoms. The van der Waals surface area contributed by atoms with Crippen molar-refractivity contribution in [3.05, 3.63) is 59.1 Å². The maximum atomic E-state index is 12.2. The van der Waals surface area contributed by atoms with Crippen LogP contribution in [0.3, 0.4) is 0 Å². The largest absolute Gasteiger partial charge is 0.453 e. The SMILES string of the molecule is C[C@@H](OC(=O)C[C@H]1Sc2ccccc2NC1=O)C(=O)NCc1ccccc1Cl. The van der Waals surface area contributed by atoms with E-state index in [2.05, 4.69) is 10.6 Å². The van der Waals surface area contributed by atoms with E-state index in [-0.39, 0.29) is 18.9 Å². The van der Waals surface area contributed by atoms with Crippen molar-refractivity contribution in [3.63, 3.8) is 0 Å². The number of hydrogen-bond acceptors (Lipinski definition) is 5. The van der Waals surface area contributed by atoms with Crippen LogP contribution in [-0.2, 0) is 25.7 Å². The molecule has 0 saturated heterocycles. The van der Waals surface area contributed by atoms with Gasteiger partial charge in [-0.3, -0.25) is 14.4 Å². The van der Waals surface area contributed by atoms with Crippen molar-refractivity contribution in [2.24, 2.45) is 0 Å². The van der Waals surface area contributed by atoms with Crippen molar-refractivity contribution in [1.29, 1.82) is 0 Å². The molecule has 0 aromatic heterocycles. The van der Waals surface area contributed by atoms with Gasteiger partial charge in [-0.1, -0.05) is 41.9 Å². The molecule has 6 nitrogen and oxygen atoms in total. The number of anilines is 1. The van der Waals surface area contributed by atoms with Crippen LogP contribution in [0.15, 0.2) is 53.4 Å². The summed E-state index contributed by atoms with van der Waals surface area (Å²) in [5.41, 5.74) is 1.50. The lowest BCUT2D eigenvalue weighted by Gasteiger charge is -2.23. The Balaban J connectivity index is 1.49. The molecule has 28 heavy (non-hydrogen) atoms. The number of ether oxygens (including phenoxy) is 1. The van der Waals surface area contributed by atoms with Crippen LogP contribution >= 0.6 is 23.4 Å². The standard InChI is InChI=1S/C20H19ClN2O4S/c1-12(19(25)22-11-13-6-2-3-7-14(13)21)27-18(24)10-17-20(26)23-15-8-4-5-9-16(15)28-17/h2-9,12,17H,10-11H2,1H3,(H,22,25)(H,23,26)/t12-,17-/m1/s1. The lowest BCUT2D eigenvalue weighted by molar-refractivity contribution is -0.155. The number of fused-ring (bicyclic) bond motifs is 1. The summed E-state index contributed by atoms with van der Waals surface area (Å²) in [5.74, 6) is -1.29. The van der Waals surface area contributed by atoms with Crippen LogP contribution in [0, 0.1) is 0 Å². The Morgan fingerprint density at radius 2 is 1.93 bits per heavy atom. The van der Waals surface area contributed by atoms with Crippen LogP contribution in [0.25, 0.3) is 0 Å². The topological polar surface area (TPSA) is 84.5 Å². The average Bonchev–Trinajstić information content (AvgIpc) is 2.67. The van der Waals surface area contributed by atoms with Gasteiger partial charge in [-0.15, -0.1) is 11.8 Å². The quantitative estimate of drug-likeness (QED) is 0.702. The molecule has 0 aliphatic carbocycles. The van der Waals surface area contributed by atoms with Crippen LogP contribution < -0.4 is 10.6 Å². The summed E-state index contributed by atoms with van der Waals surface area (Å²) >= 11 is 7.36. The van der Waals surface area contributed by atoms with E-state index < -0.39 is 23.2 Å². The molecule has 1 aliphatic rings. The zero-order valence-corrected chi connectivity index (χ0v) is 16.7. The third kappa shape index (κ3) is 5.05. The molecule has 0 radical (unpaired) electrons. The van der Waals surface area contributed by atoms with Crippen molar-refractivity contribution < 1.29 is 19.1 Å². The van der Waals surface area contributed by atoms with Gasteiger partial charge in [0, 0.05) is 16.5 Å². The van der Waals surface area contributed by atoms with Crippen LogP contribution in [0.5, 0.6) is 0 Å². The first-order valence-corrected chi connectivity index (χ1v) is 9.97. The molecule has 2 amide bonds. The van der Waals surface area contributed by atoms with Gasteiger partial charge in [-0.05, 0) is 30.7 Å². The predicted molar refractivity (Wildman–Crippen MR) is 108 cm³/mol. The number of amides is 2. The zero-order valence-electron chi connectivity index (χ0n) is 15.1. The molecule has 1 aliphatic heterocycles. The van der Waals surface area contributed by atoms with Crippen LogP contribution in [-0.4, -0.2) is 29.1 Å². The van der Waals surface area contributed by atoms with E-state index in [9.17, 15) is 14.4 Å². The van der Waals surface area contributed by atoms with Crippen molar-refractivity contribution in [2.75, 3.05) is 5.32 Å². The first-order chi connectivity index (χ1) is 13.4. The van der Waals surface area contributed by atoms with Gasteiger partial charge in [-0.25, -0.2) is 0 Å². The fourth-order valence-electron chi connectivity index (χ4n) is 2.65. The fourth-order valence-corrected chi connectivity index (χ4v) is 3.94. The first-order valence-electron chi connectivity index (χ1n) is 8.71. The Bertz CT molecular complexity index is 905. The summed E-state index contributed by atoms with van der Waals surface area (Å²) in [6.07, 6.45) is -1.09. The summed E-state index contributed by atoms with van der Waals surface area (Å²) < 4.78 is 5.19. The van der Waals surface area contributed by atoms with Gasteiger partial charge in [0.2, 0.25) is 5.91 Å². The highest BCUT2D eigenvalue weighted by Crippen LogP contribution is 2.36. The van der Waals surface area contributed by atoms with Crippen molar-refractivity contribution in [1.82, 2.24) is 5.32 Å². The number of rotatable bonds is 6. The highest BCUT2D eigenvalue weighted by molar-refractivity contribution is 8.01. The van der Waals surface area contributed by atoms with E-state index >= 15 is 0 Å². The van der Waals surface area contributed by atoms with E-state index in [1.54, 1.807) is 24.3 Å². The summed E-state index contributed by atoms with van der Waals surface area (Å²) in [5, 5.41) is 5.41. The summed E-state index contributed by atoms with van der Waals surface area (Å²) in [6.45, 7) is 1.72. The van der Waals surface area contributed by atoms with E-state index in [0.717, 1.165) is 16.1 Å². The Labute approximate surface area is 172 Å². The maximum Gasteiger partial charge on any atom is 0.308 e. The second-order valence-corrected chi connectivity index (χ2v) is 7.89. The molecule has 3 rings (SSSR count). The molecule has 146 valence electrons. The van der Waals surface area contributed by atoms with E-state index in [1.165, 1.54) is 18.7 Å². The van der Waals surface area contributed by atoms with Gasteiger partial charge >= 0.3 is 5.97 Å². The molecule has 1 heterocycles. The smallest absolute Gasteiger partial charge is 0.308 e. The third-order valence-corrected chi connectivity index (χ3v) is 5.79. The third-order valence-electron chi connectivity index (χ3n) is 4.15. The average molecular weight is 419 g/mol. The summed E-state index contributed by atoms with van der Waals surface area (Å²) in [4.78, 5) is 37.4. The number of hydrogen-bond donors (Lipinski definition) is 2. The van der Waals surface area contributed by atoms with Gasteiger partial charge < -0.3 is 15.4 Å². The number of carbonyl (C=O) groups is 3. The molecule has 0 fully saturated rings. The fraction of sp³-hybridized carbons (Fsp3) is 0.250. The molecule has 2 atom stereocenters.